The van der Waals surface area contributed by atoms with Gasteiger partial charge >= 0.3 is 0 Å². The molecule has 1 amide bonds. The molecule has 0 aromatic heterocycles. The van der Waals surface area contributed by atoms with E-state index in [4.69, 9.17) is 5.11 Å². The molecule has 4 heteroatoms. The number of carbonyl (C=O) groups excluding carboxylic acids is 1. The van der Waals surface area contributed by atoms with E-state index in [1.807, 2.05) is 11.8 Å². The highest BCUT2D eigenvalue weighted by Gasteiger charge is 2.21. The number of carbonyl (C=O) groups is 1. The van der Waals surface area contributed by atoms with Crippen LogP contribution in [0.2, 0.25) is 0 Å². The van der Waals surface area contributed by atoms with E-state index in [1.165, 1.54) is 0 Å². The first-order chi connectivity index (χ1) is 8.10. The Morgan fingerprint density at radius 3 is 2.47 bits per heavy atom. The summed E-state index contributed by atoms with van der Waals surface area (Å²) in [4.78, 5) is 13.9. The molecule has 0 rings (SSSR count). The van der Waals surface area contributed by atoms with Crippen LogP contribution in [0.25, 0.3) is 0 Å². The number of nitrogens with zero attached hydrogens (tertiary/aromatic N) is 1. The van der Waals surface area contributed by atoms with Crippen LogP contribution < -0.4 is 5.32 Å². The summed E-state index contributed by atoms with van der Waals surface area (Å²) in [6.07, 6.45) is 3.63. The minimum Gasteiger partial charge on any atom is -0.395 e. The summed E-state index contributed by atoms with van der Waals surface area (Å²) >= 11 is 0. The van der Waals surface area contributed by atoms with Gasteiger partial charge in [0, 0.05) is 19.1 Å². The highest BCUT2D eigenvalue weighted by atomic mass is 16.3. The quantitative estimate of drug-likeness (QED) is 0.597. The van der Waals surface area contributed by atoms with Crippen LogP contribution in [-0.2, 0) is 4.79 Å². The molecule has 0 aromatic carbocycles. The number of aliphatic hydroxyl groups is 1. The maximum Gasteiger partial charge on any atom is 0.237 e. The normalized spacial score (nSPS) is 12.8. The fourth-order valence-corrected chi connectivity index (χ4v) is 1.72. The standard InChI is InChI=1S/C13H26N2O2/c1-5-8-15(9-10-16)11(4)13(17)14-12(6-2)7-3/h5,11-12,16H,1,6-10H2,2-4H3,(H,14,17). The van der Waals surface area contributed by atoms with Gasteiger partial charge < -0.3 is 10.4 Å². The Morgan fingerprint density at radius 2 is 2.06 bits per heavy atom. The van der Waals surface area contributed by atoms with Crippen molar-refractivity contribution in [1.82, 2.24) is 10.2 Å². The first kappa shape index (κ1) is 16.1. The molecule has 1 atom stereocenters. The van der Waals surface area contributed by atoms with Gasteiger partial charge in [0.05, 0.1) is 12.6 Å². The molecule has 0 aliphatic carbocycles. The molecule has 17 heavy (non-hydrogen) atoms. The summed E-state index contributed by atoms with van der Waals surface area (Å²) in [6, 6.07) is 0.00501. The Hall–Kier alpha value is -0.870. The third-order valence-electron chi connectivity index (χ3n) is 3.01. The van der Waals surface area contributed by atoms with Gasteiger partial charge in [-0.25, -0.2) is 0 Å². The summed E-state index contributed by atoms with van der Waals surface area (Å²) in [6.45, 7) is 10.8. The molecule has 0 fully saturated rings. The monoisotopic (exact) mass is 242 g/mol. The molecule has 0 aliphatic heterocycles. The van der Waals surface area contributed by atoms with E-state index in [9.17, 15) is 4.79 Å². The van der Waals surface area contributed by atoms with Crippen LogP contribution in [0.3, 0.4) is 0 Å². The topological polar surface area (TPSA) is 52.6 Å². The Morgan fingerprint density at radius 1 is 1.47 bits per heavy atom. The van der Waals surface area contributed by atoms with Gasteiger partial charge in [-0.2, -0.15) is 0 Å². The van der Waals surface area contributed by atoms with Gasteiger partial charge in [0.1, 0.15) is 0 Å². The van der Waals surface area contributed by atoms with Crippen molar-refractivity contribution in [2.24, 2.45) is 0 Å². The minimum absolute atomic E-state index is 0.0222. The van der Waals surface area contributed by atoms with E-state index in [1.54, 1.807) is 6.08 Å². The number of rotatable bonds is 9. The van der Waals surface area contributed by atoms with Crippen molar-refractivity contribution in [3.05, 3.63) is 12.7 Å². The van der Waals surface area contributed by atoms with Crippen molar-refractivity contribution in [2.45, 2.75) is 45.7 Å². The Labute approximate surface area is 105 Å². The molecular weight excluding hydrogens is 216 g/mol. The van der Waals surface area contributed by atoms with Gasteiger partial charge in [0.2, 0.25) is 5.91 Å². The molecule has 1 unspecified atom stereocenters. The van der Waals surface area contributed by atoms with Crippen LogP contribution >= 0.6 is 0 Å². The van der Waals surface area contributed by atoms with Gasteiger partial charge in [-0.15, -0.1) is 6.58 Å². The molecule has 0 heterocycles. The number of amides is 1. The van der Waals surface area contributed by atoms with Crippen LogP contribution in [0.4, 0.5) is 0 Å². The predicted octanol–water partition coefficient (Wildman–Crippen LogP) is 1.16. The highest BCUT2D eigenvalue weighted by molar-refractivity contribution is 5.81. The number of hydrogen-bond acceptors (Lipinski definition) is 3. The predicted molar refractivity (Wildman–Crippen MR) is 70.8 cm³/mol. The van der Waals surface area contributed by atoms with Gasteiger partial charge in [-0.05, 0) is 19.8 Å². The highest BCUT2D eigenvalue weighted by Crippen LogP contribution is 2.02. The van der Waals surface area contributed by atoms with Crippen molar-refractivity contribution in [3.63, 3.8) is 0 Å². The maximum atomic E-state index is 12.0. The van der Waals surface area contributed by atoms with Crippen LogP contribution in [0.5, 0.6) is 0 Å². The lowest BCUT2D eigenvalue weighted by molar-refractivity contribution is -0.126. The Kier molecular flexibility index (Phi) is 8.72. The molecule has 100 valence electrons. The minimum atomic E-state index is -0.235. The summed E-state index contributed by atoms with van der Waals surface area (Å²) in [7, 11) is 0. The third-order valence-corrected chi connectivity index (χ3v) is 3.01. The molecule has 0 bridgehead atoms. The first-order valence-electron chi connectivity index (χ1n) is 6.36. The van der Waals surface area contributed by atoms with E-state index in [2.05, 4.69) is 25.7 Å². The first-order valence-corrected chi connectivity index (χ1v) is 6.36. The van der Waals surface area contributed by atoms with Crippen molar-refractivity contribution in [3.8, 4) is 0 Å². The zero-order valence-electron chi connectivity index (χ0n) is 11.3. The summed E-state index contributed by atoms with van der Waals surface area (Å²) in [5.74, 6) is 0.0222. The van der Waals surface area contributed by atoms with Crippen molar-refractivity contribution in [1.29, 1.82) is 0 Å². The van der Waals surface area contributed by atoms with Crippen molar-refractivity contribution in [2.75, 3.05) is 19.7 Å². The summed E-state index contributed by atoms with van der Waals surface area (Å²) in [5, 5.41) is 12.0. The van der Waals surface area contributed by atoms with Gasteiger partial charge in [0.25, 0.3) is 0 Å². The number of nitrogens with one attached hydrogen (secondary N) is 1. The van der Waals surface area contributed by atoms with E-state index in [-0.39, 0.29) is 24.6 Å². The van der Waals surface area contributed by atoms with E-state index in [0.29, 0.717) is 13.1 Å². The molecule has 0 radical (unpaired) electrons. The maximum absolute atomic E-state index is 12.0. The van der Waals surface area contributed by atoms with Crippen molar-refractivity contribution < 1.29 is 9.90 Å². The van der Waals surface area contributed by atoms with Crippen LogP contribution in [0.1, 0.15) is 33.6 Å². The largest absolute Gasteiger partial charge is 0.395 e. The van der Waals surface area contributed by atoms with E-state index in [0.717, 1.165) is 12.8 Å². The molecule has 4 nitrogen and oxygen atoms in total. The molecule has 0 spiro atoms. The molecule has 0 saturated heterocycles. The van der Waals surface area contributed by atoms with Crippen LogP contribution in [0, 0.1) is 0 Å². The average molecular weight is 242 g/mol. The fourth-order valence-electron chi connectivity index (χ4n) is 1.72. The lowest BCUT2D eigenvalue weighted by Gasteiger charge is -2.27. The van der Waals surface area contributed by atoms with Gasteiger partial charge in [-0.3, -0.25) is 9.69 Å². The second-order valence-corrected chi connectivity index (χ2v) is 4.21. The SMILES string of the molecule is C=CCN(CCO)C(C)C(=O)NC(CC)CC. The molecule has 0 aromatic rings. The number of aliphatic hydroxyl groups excluding tert-OH is 1. The lowest BCUT2D eigenvalue weighted by atomic mass is 10.1. The summed E-state index contributed by atoms with van der Waals surface area (Å²) in [5.41, 5.74) is 0. The molecule has 0 aliphatic rings. The average Bonchev–Trinajstić information content (AvgIpc) is 2.34. The lowest BCUT2D eigenvalue weighted by Crippen LogP contribution is -2.48. The zero-order valence-corrected chi connectivity index (χ0v) is 11.3. The molecule has 2 N–H and O–H groups in total. The fraction of sp³-hybridized carbons (Fsp3) is 0.769. The Balaban J connectivity index is 4.37. The van der Waals surface area contributed by atoms with E-state index >= 15 is 0 Å². The Bertz CT molecular complexity index is 227. The molecule has 0 saturated carbocycles. The van der Waals surface area contributed by atoms with E-state index < -0.39 is 0 Å². The third kappa shape index (κ3) is 5.84. The second kappa shape index (κ2) is 9.19. The van der Waals surface area contributed by atoms with Crippen LogP contribution in [0.15, 0.2) is 12.7 Å². The zero-order chi connectivity index (χ0) is 13.3. The van der Waals surface area contributed by atoms with Crippen LogP contribution in [-0.4, -0.2) is 47.7 Å². The number of hydrogen-bond donors (Lipinski definition) is 2. The van der Waals surface area contributed by atoms with Gasteiger partial charge in [0.15, 0.2) is 0 Å². The summed E-state index contributed by atoms with van der Waals surface area (Å²) < 4.78 is 0. The van der Waals surface area contributed by atoms with Gasteiger partial charge in [-0.1, -0.05) is 19.9 Å². The smallest absolute Gasteiger partial charge is 0.237 e. The molecular formula is C13H26N2O2. The second-order valence-electron chi connectivity index (χ2n) is 4.21. The van der Waals surface area contributed by atoms with Crippen molar-refractivity contribution >= 4 is 5.91 Å².